The van der Waals surface area contributed by atoms with E-state index in [9.17, 15) is 4.79 Å². The maximum absolute atomic E-state index is 13.4. The van der Waals surface area contributed by atoms with Crippen LogP contribution in [0.25, 0.3) is 6.08 Å². The van der Waals surface area contributed by atoms with Gasteiger partial charge in [-0.25, -0.2) is 4.99 Å². The monoisotopic (exact) mass is 451 g/mol. The number of halogens is 1. The topological polar surface area (TPSA) is 64.0 Å². The van der Waals surface area contributed by atoms with Gasteiger partial charge in [0.15, 0.2) is 16.7 Å². The number of anilines is 1. The van der Waals surface area contributed by atoms with E-state index in [1.54, 1.807) is 43.5 Å². The number of benzene rings is 2. The molecule has 0 radical (unpaired) electrons. The summed E-state index contributed by atoms with van der Waals surface area (Å²) in [7, 11) is 3.14. The number of amidine groups is 1. The maximum atomic E-state index is 13.4. The normalized spacial score (nSPS) is 16.2. The Labute approximate surface area is 189 Å². The summed E-state index contributed by atoms with van der Waals surface area (Å²) >= 11 is 7.51. The van der Waals surface area contributed by atoms with Gasteiger partial charge in [-0.1, -0.05) is 41.9 Å². The zero-order valence-electron chi connectivity index (χ0n) is 16.8. The van der Waals surface area contributed by atoms with Gasteiger partial charge in [0, 0.05) is 18.0 Å². The number of hydrogen-bond donors (Lipinski definition) is 0. The number of methoxy groups -OCH3 is 2. The fourth-order valence-corrected chi connectivity index (χ4v) is 4.23. The zero-order chi connectivity index (χ0) is 21.8. The van der Waals surface area contributed by atoms with Crippen LogP contribution in [0.1, 0.15) is 5.56 Å². The van der Waals surface area contributed by atoms with Crippen molar-refractivity contribution < 1.29 is 14.3 Å². The molecule has 1 aromatic heterocycles. The predicted molar refractivity (Wildman–Crippen MR) is 125 cm³/mol. The number of carbonyl (C=O) groups excluding carboxylic acids is 1. The van der Waals surface area contributed by atoms with Crippen molar-refractivity contribution in [2.24, 2.45) is 4.99 Å². The van der Waals surface area contributed by atoms with Crippen LogP contribution in [0.3, 0.4) is 0 Å². The number of aromatic nitrogens is 1. The Bertz CT molecular complexity index is 1180. The van der Waals surface area contributed by atoms with Crippen molar-refractivity contribution in [1.29, 1.82) is 0 Å². The van der Waals surface area contributed by atoms with E-state index < -0.39 is 0 Å². The van der Waals surface area contributed by atoms with Crippen LogP contribution in [0.4, 0.5) is 11.4 Å². The van der Waals surface area contributed by atoms with E-state index in [2.05, 4.69) is 9.98 Å². The van der Waals surface area contributed by atoms with Crippen LogP contribution in [0.2, 0.25) is 5.02 Å². The van der Waals surface area contributed by atoms with Gasteiger partial charge in [-0.2, -0.15) is 0 Å². The Morgan fingerprint density at radius 3 is 2.58 bits per heavy atom. The summed E-state index contributed by atoms with van der Waals surface area (Å²) < 4.78 is 10.9. The standard InChI is InChI=1S/C23H18ClN3O3S/c1-29-19-10-6-7-15(21(19)30-2)13-20-22(28)27(16-8-4-3-5-9-16)23(31-20)26-18-11-12-25-14-17(18)24/h3-14H,1-2H3/b20-13-,26-23?. The highest BCUT2D eigenvalue weighted by atomic mass is 35.5. The Kier molecular flexibility index (Phi) is 6.25. The van der Waals surface area contributed by atoms with Gasteiger partial charge in [-0.15, -0.1) is 0 Å². The maximum Gasteiger partial charge on any atom is 0.271 e. The summed E-state index contributed by atoms with van der Waals surface area (Å²) in [6.07, 6.45) is 4.91. The van der Waals surface area contributed by atoms with Crippen molar-refractivity contribution in [3.63, 3.8) is 0 Å². The lowest BCUT2D eigenvalue weighted by atomic mass is 10.1. The Morgan fingerprint density at radius 2 is 1.87 bits per heavy atom. The number of amides is 1. The highest BCUT2D eigenvalue weighted by Crippen LogP contribution is 2.40. The molecule has 8 heteroatoms. The average Bonchev–Trinajstić information content (AvgIpc) is 3.10. The van der Waals surface area contributed by atoms with Crippen LogP contribution in [0, 0.1) is 0 Å². The molecule has 1 fully saturated rings. The first-order valence-electron chi connectivity index (χ1n) is 9.30. The third-order valence-electron chi connectivity index (χ3n) is 4.51. The Balaban J connectivity index is 1.81. The SMILES string of the molecule is COc1cccc(/C=C2\SC(=Nc3ccncc3Cl)N(c3ccccc3)C2=O)c1OC. The van der Waals surface area contributed by atoms with Crippen LogP contribution in [-0.4, -0.2) is 30.3 Å². The fourth-order valence-electron chi connectivity index (χ4n) is 3.08. The van der Waals surface area contributed by atoms with Gasteiger partial charge in [-0.3, -0.25) is 14.7 Å². The minimum absolute atomic E-state index is 0.190. The van der Waals surface area contributed by atoms with Crippen molar-refractivity contribution in [3.8, 4) is 11.5 Å². The molecule has 0 saturated carbocycles. The first-order chi connectivity index (χ1) is 15.1. The summed E-state index contributed by atoms with van der Waals surface area (Å²) in [5.41, 5.74) is 1.98. The number of hydrogen-bond acceptors (Lipinski definition) is 6. The van der Waals surface area contributed by atoms with Crippen LogP contribution in [-0.2, 0) is 4.79 Å². The van der Waals surface area contributed by atoms with Crippen molar-refractivity contribution in [3.05, 3.63) is 82.5 Å². The van der Waals surface area contributed by atoms with Gasteiger partial charge in [0.1, 0.15) is 0 Å². The Hall–Kier alpha value is -3.29. The number of para-hydroxylation sites is 2. The molecule has 0 bridgehead atoms. The van der Waals surface area contributed by atoms with Crippen molar-refractivity contribution >= 4 is 51.9 Å². The highest BCUT2D eigenvalue weighted by Gasteiger charge is 2.35. The minimum atomic E-state index is -0.190. The summed E-state index contributed by atoms with van der Waals surface area (Å²) in [5, 5.41) is 0.903. The average molecular weight is 452 g/mol. The van der Waals surface area contributed by atoms with E-state index in [-0.39, 0.29) is 5.91 Å². The molecule has 4 rings (SSSR count). The lowest BCUT2D eigenvalue weighted by Gasteiger charge is -2.15. The molecule has 1 amide bonds. The quantitative estimate of drug-likeness (QED) is 0.475. The van der Waals surface area contributed by atoms with Crippen molar-refractivity contribution in [2.75, 3.05) is 19.1 Å². The molecule has 3 aromatic rings. The lowest BCUT2D eigenvalue weighted by Crippen LogP contribution is -2.28. The molecule has 0 N–H and O–H groups in total. The number of carbonyl (C=O) groups is 1. The molecule has 1 saturated heterocycles. The van der Waals surface area contributed by atoms with Crippen LogP contribution in [0.15, 0.2) is 76.9 Å². The number of nitrogens with zero attached hydrogens (tertiary/aromatic N) is 3. The first-order valence-corrected chi connectivity index (χ1v) is 10.5. The number of thioether (sulfide) groups is 1. The smallest absolute Gasteiger partial charge is 0.271 e. The summed E-state index contributed by atoms with van der Waals surface area (Å²) in [6, 6.07) is 16.6. The van der Waals surface area contributed by atoms with Crippen LogP contribution in [0.5, 0.6) is 11.5 Å². The zero-order valence-corrected chi connectivity index (χ0v) is 18.4. The molecule has 0 spiro atoms. The van der Waals surface area contributed by atoms with Gasteiger partial charge in [0.2, 0.25) is 0 Å². The van der Waals surface area contributed by atoms with E-state index in [4.69, 9.17) is 21.1 Å². The highest BCUT2D eigenvalue weighted by molar-refractivity contribution is 8.19. The Morgan fingerprint density at radius 1 is 1.06 bits per heavy atom. The number of ether oxygens (including phenoxy) is 2. The van der Waals surface area contributed by atoms with Crippen molar-refractivity contribution in [1.82, 2.24) is 4.98 Å². The molecule has 0 atom stereocenters. The fraction of sp³-hybridized carbons (Fsp3) is 0.0870. The summed E-state index contributed by atoms with van der Waals surface area (Å²) in [5.74, 6) is 0.953. The molecule has 1 aliphatic heterocycles. The van der Waals surface area contributed by atoms with Gasteiger partial charge >= 0.3 is 0 Å². The molecule has 156 valence electrons. The van der Waals surface area contributed by atoms with Gasteiger partial charge in [0.05, 0.1) is 35.5 Å². The number of aliphatic imine (C=N–C) groups is 1. The molecule has 31 heavy (non-hydrogen) atoms. The second kappa shape index (κ2) is 9.24. The number of rotatable bonds is 5. The molecular formula is C23H18ClN3O3S. The van der Waals surface area contributed by atoms with E-state index in [1.165, 1.54) is 18.0 Å². The third kappa shape index (κ3) is 4.28. The molecule has 0 aliphatic carbocycles. The molecule has 6 nitrogen and oxygen atoms in total. The number of pyridine rings is 1. The van der Waals surface area contributed by atoms with Crippen molar-refractivity contribution in [2.45, 2.75) is 0 Å². The van der Waals surface area contributed by atoms with E-state index in [0.717, 1.165) is 5.56 Å². The summed E-state index contributed by atoms with van der Waals surface area (Å²) in [4.78, 5) is 24.1. The molecule has 2 heterocycles. The van der Waals surface area contributed by atoms with Crippen LogP contribution >= 0.6 is 23.4 Å². The minimum Gasteiger partial charge on any atom is -0.493 e. The van der Waals surface area contributed by atoms with E-state index >= 15 is 0 Å². The summed E-state index contributed by atoms with van der Waals surface area (Å²) in [6.45, 7) is 0. The largest absolute Gasteiger partial charge is 0.493 e. The van der Waals surface area contributed by atoms with E-state index in [1.807, 2.05) is 42.5 Å². The van der Waals surface area contributed by atoms with Gasteiger partial charge in [0.25, 0.3) is 5.91 Å². The molecule has 0 unspecified atom stereocenters. The van der Waals surface area contributed by atoms with Gasteiger partial charge < -0.3 is 9.47 Å². The predicted octanol–water partition coefficient (Wildman–Crippen LogP) is 5.56. The first kappa shape index (κ1) is 21.0. The molecular weight excluding hydrogens is 434 g/mol. The van der Waals surface area contributed by atoms with Gasteiger partial charge in [-0.05, 0) is 42.1 Å². The lowest BCUT2D eigenvalue weighted by molar-refractivity contribution is -0.113. The molecule has 1 aliphatic rings. The van der Waals surface area contributed by atoms with Crippen LogP contribution < -0.4 is 14.4 Å². The second-order valence-electron chi connectivity index (χ2n) is 6.39. The second-order valence-corrected chi connectivity index (χ2v) is 7.81. The third-order valence-corrected chi connectivity index (χ3v) is 5.77. The van der Waals surface area contributed by atoms with E-state index in [0.29, 0.717) is 38.0 Å². The molecule has 2 aromatic carbocycles.